The number of carbonyl (C=O) groups excluding carboxylic acids is 1. The minimum absolute atomic E-state index is 0.109. The van der Waals surface area contributed by atoms with Crippen molar-refractivity contribution in [2.24, 2.45) is 0 Å². The summed E-state index contributed by atoms with van der Waals surface area (Å²) in [6, 6.07) is 5.01. The SMILES string of the molecule is O=C(c1cccc(-n2cncn2)n1)N1CC(O)(CO)C1. The van der Waals surface area contributed by atoms with Crippen molar-refractivity contribution in [2.45, 2.75) is 5.60 Å². The molecule has 0 saturated carbocycles. The van der Waals surface area contributed by atoms with E-state index in [1.54, 1.807) is 18.2 Å². The molecule has 1 saturated heterocycles. The van der Waals surface area contributed by atoms with Crippen molar-refractivity contribution in [3.05, 3.63) is 36.5 Å². The van der Waals surface area contributed by atoms with Gasteiger partial charge < -0.3 is 15.1 Å². The number of pyridine rings is 1. The number of hydrogen-bond acceptors (Lipinski definition) is 6. The van der Waals surface area contributed by atoms with Crippen LogP contribution in [0.25, 0.3) is 5.82 Å². The zero-order valence-electron chi connectivity index (χ0n) is 10.5. The average molecular weight is 275 g/mol. The zero-order valence-corrected chi connectivity index (χ0v) is 10.5. The van der Waals surface area contributed by atoms with E-state index in [0.717, 1.165) is 0 Å². The van der Waals surface area contributed by atoms with E-state index in [2.05, 4.69) is 15.1 Å². The average Bonchev–Trinajstić information content (AvgIpc) is 2.97. The maximum Gasteiger partial charge on any atom is 0.272 e. The van der Waals surface area contributed by atoms with Gasteiger partial charge in [-0.1, -0.05) is 6.07 Å². The molecule has 1 fully saturated rings. The molecule has 2 aromatic heterocycles. The summed E-state index contributed by atoms with van der Waals surface area (Å²) in [4.78, 5) is 21.7. The summed E-state index contributed by atoms with van der Waals surface area (Å²) in [5.41, 5.74) is -0.919. The highest BCUT2D eigenvalue weighted by atomic mass is 16.3. The second kappa shape index (κ2) is 4.66. The molecule has 2 N–H and O–H groups in total. The van der Waals surface area contributed by atoms with E-state index in [1.165, 1.54) is 22.2 Å². The van der Waals surface area contributed by atoms with Gasteiger partial charge in [0.2, 0.25) is 0 Å². The first-order valence-corrected chi connectivity index (χ1v) is 6.06. The second-order valence-electron chi connectivity index (χ2n) is 4.76. The number of aromatic nitrogens is 4. The molecule has 1 amide bonds. The molecule has 104 valence electrons. The fraction of sp³-hybridized carbons (Fsp3) is 0.333. The number of likely N-dealkylation sites (tertiary alicyclic amines) is 1. The Bertz CT molecular complexity index is 622. The van der Waals surface area contributed by atoms with E-state index in [0.29, 0.717) is 5.82 Å². The van der Waals surface area contributed by atoms with Crippen molar-refractivity contribution in [2.75, 3.05) is 19.7 Å². The third kappa shape index (κ3) is 2.15. The van der Waals surface area contributed by atoms with Crippen LogP contribution in [0, 0.1) is 0 Å². The molecule has 20 heavy (non-hydrogen) atoms. The highest BCUT2D eigenvalue weighted by Crippen LogP contribution is 2.22. The zero-order chi connectivity index (χ0) is 14.2. The largest absolute Gasteiger partial charge is 0.393 e. The highest BCUT2D eigenvalue weighted by Gasteiger charge is 2.43. The lowest BCUT2D eigenvalue weighted by Gasteiger charge is -2.45. The molecule has 3 heterocycles. The summed E-state index contributed by atoms with van der Waals surface area (Å²) < 4.78 is 1.46. The maximum atomic E-state index is 12.2. The van der Waals surface area contributed by atoms with E-state index in [9.17, 15) is 9.90 Å². The molecular weight excluding hydrogens is 262 g/mol. The molecule has 0 radical (unpaired) electrons. The number of hydrogen-bond donors (Lipinski definition) is 2. The minimum atomic E-state index is -1.18. The van der Waals surface area contributed by atoms with E-state index in [1.807, 2.05) is 0 Å². The number of nitrogens with zero attached hydrogens (tertiary/aromatic N) is 5. The number of aliphatic hydroxyl groups is 2. The standard InChI is InChI=1S/C12H13N5O3/c18-6-12(20)4-16(5-12)11(19)9-2-1-3-10(15-9)17-8-13-7-14-17/h1-3,7-8,18,20H,4-6H2. The van der Waals surface area contributed by atoms with Crippen LogP contribution in [0.15, 0.2) is 30.9 Å². The molecule has 0 bridgehead atoms. The monoisotopic (exact) mass is 275 g/mol. The van der Waals surface area contributed by atoms with Crippen LogP contribution in [0.4, 0.5) is 0 Å². The van der Waals surface area contributed by atoms with E-state index < -0.39 is 5.60 Å². The van der Waals surface area contributed by atoms with Crippen LogP contribution >= 0.6 is 0 Å². The Hall–Kier alpha value is -2.32. The number of β-amino-alcohol motifs (C(OH)–C–C–N with tert-alkyl or cyclic N) is 1. The Morgan fingerprint density at radius 2 is 2.20 bits per heavy atom. The number of rotatable bonds is 3. The van der Waals surface area contributed by atoms with Crippen molar-refractivity contribution >= 4 is 5.91 Å². The summed E-state index contributed by atoms with van der Waals surface area (Å²) in [6.07, 6.45) is 2.87. The Morgan fingerprint density at radius 1 is 1.40 bits per heavy atom. The van der Waals surface area contributed by atoms with Gasteiger partial charge >= 0.3 is 0 Å². The number of amides is 1. The van der Waals surface area contributed by atoms with Crippen molar-refractivity contribution in [1.82, 2.24) is 24.6 Å². The van der Waals surface area contributed by atoms with Gasteiger partial charge in [0.25, 0.3) is 5.91 Å². The molecule has 0 atom stereocenters. The number of carbonyl (C=O) groups is 1. The van der Waals surface area contributed by atoms with Crippen LogP contribution in [0.2, 0.25) is 0 Å². The molecule has 8 nitrogen and oxygen atoms in total. The van der Waals surface area contributed by atoms with Gasteiger partial charge in [0.1, 0.15) is 23.9 Å². The molecule has 3 rings (SSSR count). The molecule has 0 aliphatic carbocycles. The molecule has 2 aromatic rings. The highest BCUT2D eigenvalue weighted by molar-refractivity contribution is 5.93. The summed E-state index contributed by atoms with van der Waals surface area (Å²) in [6.45, 7) is -0.141. The minimum Gasteiger partial charge on any atom is -0.393 e. The van der Waals surface area contributed by atoms with Crippen molar-refractivity contribution in [3.8, 4) is 5.82 Å². The van der Waals surface area contributed by atoms with Crippen LogP contribution in [0.5, 0.6) is 0 Å². The molecule has 0 unspecified atom stereocenters. The normalized spacial score (nSPS) is 16.8. The molecule has 1 aliphatic heterocycles. The summed E-state index contributed by atoms with van der Waals surface area (Å²) in [7, 11) is 0. The van der Waals surface area contributed by atoms with E-state index in [4.69, 9.17) is 5.11 Å². The first-order valence-electron chi connectivity index (χ1n) is 6.06. The Morgan fingerprint density at radius 3 is 2.85 bits per heavy atom. The first kappa shape index (κ1) is 12.7. The Labute approximate surface area is 114 Å². The molecule has 0 aromatic carbocycles. The van der Waals surface area contributed by atoms with Gasteiger partial charge in [-0.25, -0.2) is 14.6 Å². The smallest absolute Gasteiger partial charge is 0.272 e. The van der Waals surface area contributed by atoms with E-state index >= 15 is 0 Å². The molecule has 8 heteroatoms. The van der Waals surface area contributed by atoms with E-state index in [-0.39, 0.29) is 31.3 Å². The predicted molar refractivity (Wildman–Crippen MR) is 67.1 cm³/mol. The lowest BCUT2D eigenvalue weighted by molar-refractivity contribution is -0.110. The van der Waals surface area contributed by atoms with Gasteiger partial charge in [0, 0.05) is 0 Å². The predicted octanol–water partition coefficient (Wildman–Crippen LogP) is -1.16. The van der Waals surface area contributed by atoms with Gasteiger partial charge in [-0.05, 0) is 12.1 Å². The van der Waals surface area contributed by atoms with Gasteiger partial charge in [0.05, 0.1) is 19.7 Å². The van der Waals surface area contributed by atoms with Gasteiger partial charge in [-0.2, -0.15) is 5.10 Å². The van der Waals surface area contributed by atoms with Crippen LogP contribution in [-0.4, -0.2) is 66.1 Å². The molecular formula is C12H13N5O3. The van der Waals surface area contributed by atoms with Crippen molar-refractivity contribution < 1.29 is 15.0 Å². The van der Waals surface area contributed by atoms with Crippen LogP contribution in [-0.2, 0) is 0 Å². The summed E-state index contributed by atoms with van der Waals surface area (Å²) in [5, 5.41) is 22.6. The van der Waals surface area contributed by atoms with Gasteiger partial charge in [-0.3, -0.25) is 4.79 Å². The topological polar surface area (TPSA) is 104 Å². The van der Waals surface area contributed by atoms with Crippen molar-refractivity contribution in [3.63, 3.8) is 0 Å². The lowest BCUT2D eigenvalue weighted by atomic mass is 9.95. The van der Waals surface area contributed by atoms with Crippen LogP contribution < -0.4 is 0 Å². The lowest BCUT2D eigenvalue weighted by Crippen LogP contribution is -2.65. The Kier molecular flexibility index (Phi) is 2.96. The first-order chi connectivity index (χ1) is 9.61. The van der Waals surface area contributed by atoms with Crippen LogP contribution in [0.3, 0.4) is 0 Å². The summed E-state index contributed by atoms with van der Waals surface area (Å²) >= 11 is 0. The molecule has 0 spiro atoms. The number of aliphatic hydroxyl groups excluding tert-OH is 1. The van der Waals surface area contributed by atoms with Crippen molar-refractivity contribution in [1.29, 1.82) is 0 Å². The van der Waals surface area contributed by atoms with Gasteiger partial charge in [0.15, 0.2) is 5.82 Å². The van der Waals surface area contributed by atoms with Crippen LogP contribution in [0.1, 0.15) is 10.5 Å². The maximum absolute atomic E-state index is 12.2. The van der Waals surface area contributed by atoms with Gasteiger partial charge in [-0.15, -0.1) is 0 Å². The molecule has 1 aliphatic rings. The second-order valence-corrected chi connectivity index (χ2v) is 4.76. The fourth-order valence-electron chi connectivity index (χ4n) is 2.07. The third-order valence-corrected chi connectivity index (χ3v) is 3.16. The summed E-state index contributed by atoms with van der Waals surface area (Å²) in [5.74, 6) is 0.205. The quantitative estimate of drug-likeness (QED) is 0.732. The third-order valence-electron chi connectivity index (χ3n) is 3.16. The fourth-order valence-corrected chi connectivity index (χ4v) is 2.07. The Balaban J connectivity index is 1.78.